The zero-order chi connectivity index (χ0) is 15.8. The summed E-state index contributed by atoms with van der Waals surface area (Å²) in [6.07, 6.45) is 5.29. The number of fused-ring (bicyclic) bond motifs is 1. The second kappa shape index (κ2) is 5.73. The van der Waals surface area contributed by atoms with E-state index in [1.807, 2.05) is 40.9 Å². The van der Waals surface area contributed by atoms with Crippen LogP contribution in [0.5, 0.6) is 0 Å². The monoisotopic (exact) mass is 341 g/mol. The van der Waals surface area contributed by atoms with Gasteiger partial charge in [0.1, 0.15) is 5.01 Å². The fourth-order valence-electron chi connectivity index (χ4n) is 2.35. The van der Waals surface area contributed by atoms with Gasteiger partial charge in [0.05, 0.1) is 17.9 Å². The van der Waals surface area contributed by atoms with E-state index >= 15 is 0 Å². The standard InChI is InChI=1S/C16H12ClN5S/c17-12-5-3-10(4-6-12)13-9-20-16-22(13)21-15(23-16)14(18)11-2-1-7-19-8-11/h1-9,14H,18H2. The lowest BCUT2D eigenvalue weighted by Gasteiger charge is -2.06. The molecule has 0 aliphatic rings. The second-order valence-electron chi connectivity index (χ2n) is 5.05. The molecule has 0 spiro atoms. The number of pyridine rings is 1. The van der Waals surface area contributed by atoms with Gasteiger partial charge in [0, 0.05) is 23.0 Å². The Morgan fingerprint density at radius 1 is 1.13 bits per heavy atom. The lowest BCUT2D eigenvalue weighted by molar-refractivity contribution is 0.805. The van der Waals surface area contributed by atoms with Crippen LogP contribution in [0.25, 0.3) is 16.2 Å². The number of imidazole rings is 1. The van der Waals surface area contributed by atoms with Gasteiger partial charge >= 0.3 is 0 Å². The molecule has 0 aliphatic heterocycles. The Hall–Kier alpha value is -2.28. The molecule has 7 heteroatoms. The molecule has 3 heterocycles. The van der Waals surface area contributed by atoms with Crippen LogP contribution < -0.4 is 5.73 Å². The number of halogens is 1. The van der Waals surface area contributed by atoms with Crippen molar-refractivity contribution in [3.8, 4) is 11.3 Å². The normalized spacial score (nSPS) is 12.6. The van der Waals surface area contributed by atoms with Crippen molar-refractivity contribution in [3.05, 3.63) is 70.6 Å². The number of nitrogens with zero attached hydrogens (tertiary/aromatic N) is 4. The molecule has 3 aromatic heterocycles. The molecule has 5 nitrogen and oxygen atoms in total. The topological polar surface area (TPSA) is 69.1 Å². The minimum Gasteiger partial charge on any atom is -0.318 e. The first-order chi connectivity index (χ1) is 11.2. The van der Waals surface area contributed by atoms with Crippen molar-refractivity contribution in [1.82, 2.24) is 19.6 Å². The van der Waals surface area contributed by atoms with Gasteiger partial charge in [0.2, 0.25) is 4.96 Å². The van der Waals surface area contributed by atoms with Crippen LogP contribution in [0.1, 0.15) is 16.6 Å². The number of nitrogens with two attached hydrogens (primary N) is 1. The highest BCUT2D eigenvalue weighted by Gasteiger charge is 2.17. The van der Waals surface area contributed by atoms with E-state index in [4.69, 9.17) is 17.3 Å². The lowest BCUT2D eigenvalue weighted by Crippen LogP contribution is -2.12. The van der Waals surface area contributed by atoms with E-state index in [2.05, 4.69) is 15.1 Å². The van der Waals surface area contributed by atoms with E-state index in [0.29, 0.717) is 5.02 Å². The summed E-state index contributed by atoms with van der Waals surface area (Å²) in [5, 5.41) is 6.14. The first-order valence-electron chi connectivity index (χ1n) is 6.98. The van der Waals surface area contributed by atoms with Crippen molar-refractivity contribution >= 4 is 27.9 Å². The second-order valence-corrected chi connectivity index (χ2v) is 6.47. The number of hydrogen-bond donors (Lipinski definition) is 1. The van der Waals surface area contributed by atoms with Crippen LogP contribution in [0.4, 0.5) is 0 Å². The third-order valence-electron chi connectivity index (χ3n) is 3.55. The molecule has 23 heavy (non-hydrogen) atoms. The van der Waals surface area contributed by atoms with Crippen molar-refractivity contribution in [1.29, 1.82) is 0 Å². The third-order valence-corrected chi connectivity index (χ3v) is 4.81. The van der Waals surface area contributed by atoms with E-state index in [0.717, 1.165) is 26.8 Å². The molecular weight excluding hydrogens is 330 g/mol. The molecule has 0 bridgehead atoms. The number of hydrogen-bond acceptors (Lipinski definition) is 5. The van der Waals surface area contributed by atoms with Gasteiger partial charge in [-0.05, 0) is 23.8 Å². The van der Waals surface area contributed by atoms with Gasteiger partial charge in [0.25, 0.3) is 0 Å². The van der Waals surface area contributed by atoms with Crippen molar-refractivity contribution in [2.75, 3.05) is 0 Å². The summed E-state index contributed by atoms with van der Waals surface area (Å²) >= 11 is 7.43. The van der Waals surface area contributed by atoms with E-state index in [-0.39, 0.29) is 6.04 Å². The van der Waals surface area contributed by atoms with Crippen molar-refractivity contribution in [2.45, 2.75) is 6.04 Å². The van der Waals surface area contributed by atoms with Gasteiger partial charge in [-0.3, -0.25) is 4.98 Å². The van der Waals surface area contributed by atoms with E-state index in [9.17, 15) is 0 Å². The minimum atomic E-state index is -0.312. The molecule has 0 saturated carbocycles. The molecule has 0 amide bonds. The predicted molar refractivity (Wildman–Crippen MR) is 91.6 cm³/mol. The number of benzene rings is 1. The van der Waals surface area contributed by atoms with Crippen molar-refractivity contribution in [3.63, 3.8) is 0 Å². The molecule has 1 atom stereocenters. The Bertz CT molecular complexity index is 946. The van der Waals surface area contributed by atoms with Gasteiger partial charge in [-0.2, -0.15) is 5.10 Å². The van der Waals surface area contributed by atoms with Gasteiger partial charge in [-0.25, -0.2) is 9.50 Å². The third kappa shape index (κ3) is 2.61. The summed E-state index contributed by atoms with van der Waals surface area (Å²) in [7, 11) is 0. The SMILES string of the molecule is NC(c1cccnc1)c1nn2c(-c3ccc(Cl)cc3)cnc2s1. The Morgan fingerprint density at radius 3 is 2.70 bits per heavy atom. The highest BCUT2D eigenvalue weighted by molar-refractivity contribution is 7.16. The number of aromatic nitrogens is 4. The van der Waals surface area contributed by atoms with Gasteiger partial charge in [0.15, 0.2) is 0 Å². The van der Waals surface area contributed by atoms with Crippen LogP contribution >= 0.6 is 22.9 Å². The Kier molecular flexibility index (Phi) is 3.57. The molecule has 4 rings (SSSR count). The summed E-state index contributed by atoms with van der Waals surface area (Å²) < 4.78 is 1.82. The minimum absolute atomic E-state index is 0.312. The summed E-state index contributed by atoms with van der Waals surface area (Å²) in [5.41, 5.74) is 9.15. The highest BCUT2D eigenvalue weighted by atomic mass is 35.5. The molecule has 4 aromatic rings. The van der Waals surface area contributed by atoms with E-state index in [1.54, 1.807) is 18.6 Å². The molecule has 0 aliphatic carbocycles. The molecule has 2 N–H and O–H groups in total. The smallest absolute Gasteiger partial charge is 0.212 e. The molecule has 1 unspecified atom stereocenters. The van der Waals surface area contributed by atoms with Crippen LogP contribution in [-0.2, 0) is 0 Å². The molecule has 0 fully saturated rings. The summed E-state index contributed by atoms with van der Waals surface area (Å²) in [6.45, 7) is 0. The molecule has 0 saturated heterocycles. The maximum absolute atomic E-state index is 6.30. The lowest BCUT2D eigenvalue weighted by atomic mass is 10.1. The van der Waals surface area contributed by atoms with Crippen LogP contribution in [-0.4, -0.2) is 19.6 Å². The van der Waals surface area contributed by atoms with E-state index < -0.39 is 0 Å². The van der Waals surface area contributed by atoms with Crippen LogP contribution in [0.3, 0.4) is 0 Å². The van der Waals surface area contributed by atoms with Crippen LogP contribution in [0, 0.1) is 0 Å². The average Bonchev–Trinajstić information content (AvgIpc) is 3.16. The number of rotatable bonds is 3. The Morgan fingerprint density at radius 2 is 1.96 bits per heavy atom. The van der Waals surface area contributed by atoms with Crippen molar-refractivity contribution < 1.29 is 0 Å². The summed E-state index contributed by atoms with van der Waals surface area (Å²) in [6, 6.07) is 11.1. The quantitative estimate of drug-likeness (QED) is 0.618. The molecule has 1 aromatic carbocycles. The van der Waals surface area contributed by atoms with E-state index in [1.165, 1.54) is 11.3 Å². The molecular formula is C16H12ClN5S. The first-order valence-corrected chi connectivity index (χ1v) is 8.18. The maximum atomic E-state index is 6.30. The van der Waals surface area contributed by atoms with Gasteiger partial charge < -0.3 is 5.73 Å². The predicted octanol–water partition coefficient (Wildman–Crippen LogP) is 3.55. The fourth-order valence-corrected chi connectivity index (χ4v) is 3.38. The fraction of sp³-hybridized carbons (Fsp3) is 0.0625. The van der Waals surface area contributed by atoms with Gasteiger partial charge in [-0.1, -0.05) is 41.1 Å². The average molecular weight is 342 g/mol. The first kappa shape index (κ1) is 14.3. The summed E-state index contributed by atoms with van der Waals surface area (Å²) in [5.74, 6) is 0. The zero-order valence-electron chi connectivity index (χ0n) is 11.9. The van der Waals surface area contributed by atoms with Crippen molar-refractivity contribution in [2.24, 2.45) is 5.73 Å². The highest BCUT2D eigenvalue weighted by Crippen LogP contribution is 2.28. The zero-order valence-corrected chi connectivity index (χ0v) is 13.5. The molecule has 0 radical (unpaired) electrons. The summed E-state index contributed by atoms with van der Waals surface area (Å²) in [4.78, 5) is 9.35. The van der Waals surface area contributed by atoms with Crippen LogP contribution in [0.2, 0.25) is 5.02 Å². The van der Waals surface area contributed by atoms with Gasteiger partial charge in [-0.15, -0.1) is 0 Å². The Balaban J connectivity index is 1.76. The van der Waals surface area contributed by atoms with Crippen LogP contribution in [0.15, 0.2) is 55.0 Å². The maximum Gasteiger partial charge on any atom is 0.212 e. The largest absolute Gasteiger partial charge is 0.318 e. The molecule has 114 valence electrons. The Labute approximate surface area is 141 Å².